The number of anilines is 1. The Morgan fingerprint density at radius 1 is 1.06 bits per heavy atom. The number of hydrazone groups is 1. The van der Waals surface area contributed by atoms with Gasteiger partial charge in [0.25, 0.3) is 5.91 Å². The van der Waals surface area contributed by atoms with Gasteiger partial charge < -0.3 is 19.9 Å². The smallest absolute Gasteiger partial charge is 0.345 e. The first-order valence-electron chi connectivity index (χ1n) is 10.0. The third-order valence-electron chi connectivity index (χ3n) is 4.83. The molecule has 0 fully saturated rings. The number of nitrogens with zero attached hydrogens (tertiary/aromatic N) is 1. The van der Waals surface area contributed by atoms with Gasteiger partial charge in [-0.15, -0.1) is 0 Å². The topological polar surface area (TPSA) is 109 Å². The Kier molecular flexibility index (Phi) is 6.03. The number of fused-ring (bicyclic) bond motifs is 1. The first-order valence-corrected chi connectivity index (χ1v) is 10.0. The van der Waals surface area contributed by atoms with Gasteiger partial charge in [0, 0.05) is 11.1 Å². The van der Waals surface area contributed by atoms with Crippen LogP contribution in [0.2, 0.25) is 0 Å². The lowest BCUT2D eigenvalue weighted by Crippen LogP contribution is -2.23. The number of phenols is 1. The van der Waals surface area contributed by atoms with Crippen molar-refractivity contribution in [2.45, 2.75) is 6.92 Å². The molecule has 1 aliphatic rings. The number of para-hydroxylation sites is 1. The van der Waals surface area contributed by atoms with E-state index in [0.717, 1.165) is 16.5 Å². The van der Waals surface area contributed by atoms with E-state index in [9.17, 15) is 14.7 Å². The number of carbonyl (C=O) groups excluding carboxylic acids is 2. The molecule has 0 radical (unpaired) electrons. The zero-order valence-corrected chi connectivity index (χ0v) is 17.3. The molecular formula is C24H21N3O5. The second-order valence-electron chi connectivity index (χ2n) is 6.88. The number of hydrogen-bond donors (Lipinski definition) is 3. The number of nitrogens with one attached hydrogen (secondary N) is 2. The van der Waals surface area contributed by atoms with Crippen molar-refractivity contribution >= 4 is 34.0 Å². The Labute approximate surface area is 184 Å². The summed E-state index contributed by atoms with van der Waals surface area (Å²) in [5.74, 6) is -1.22. The quantitative estimate of drug-likeness (QED) is 0.407. The van der Waals surface area contributed by atoms with Gasteiger partial charge in [0.15, 0.2) is 0 Å². The largest absolute Gasteiger partial charge is 0.507 e. The summed E-state index contributed by atoms with van der Waals surface area (Å²) < 4.78 is 10.9. The summed E-state index contributed by atoms with van der Waals surface area (Å²) in [5, 5.41) is 19.0. The number of phenolic OH excluding ortho intramolecular Hbond substituents is 1. The number of carbonyl (C=O) groups is 2. The molecule has 162 valence electrons. The van der Waals surface area contributed by atoms with Crippen LogP contribution in [-0.2, 0) is 14.3 Å². The normalized spacial score (nSPS) is 14.3. The number of esters is 1. The van der Waals surface area contributed by atoms with Crippen LogP contribution >= 0.6 is 0 Å². The Hall–Kier alpha value is -4.33. The lowest BCUT2D eigenvalue weighted by molar-refractivity contribution is -0.137. The molecule has 0 saturated carbocycles. The van der Waals surface area contributed by atoms with Crippen molar-refractivity contribution in [3.63, 3.8) is 0 Å². The van der Waals surface area contributed by atoms with Crippen molar-refractivity contribution in [3.05, 3.63) is 83.7 Å². The van der Waals surface area contributed by atoms with E-state index in [1.165, 1.54) is 12.1 Å². The lowest BCUT2D eigenvalue weighted by Gasteiger charge is -2.11. The molecule has 0 saturated heterocycles. The van der Waals surface area contributed by atoms with E-state index in [1.54, 1.807) is 19.1 Å². The molecule has 3 aromatic carbocycles. The summed E-state index contributed by atoms with van der Waals surface area (Å²) >= 11 is 0. The van der Waals surface area contributed by atoms with Crippen LogP contribution in [0.3, 0.4) is 0 Å². The SMILES string of the molecule is CCOC(=O)C1=C(Nc2cccc3ccccc23)OC/C1=N\NC(=O)c1ccccc1O. The van der Waals surface area contributed by atoms with Crippen molar-refractivity contribution < 1.29 is 24.2 Å². The van der Waals surface area contributed by atoms with Crippen LogP contribution in [0.4, 0.5) is 5.69 Å². The fourth-order valence-electron chi connectivity index (χ4n) is 3.32. The predicted octanol–water partition coefficient (Wildman–Crippen LogP) is 3.55. The van der Waals surface area contributed by atoms with Crippen LogP contribution < -0.4 is 10.7 Å². The van der Waals surface area contributed by atoms with Crippen molar-refractivity contribution in [1.29, 1.82) is 0 Å². The second-order valence-corrected chi connectivity index (χ2v) is 6.88. The third-order valence-corrected chi connectivity index (χ3v) is 4.83. The number of ether oxygens (including phenoxy) is 2. The summed E-state index contributed by atoms with van der Waals surface area (Å²) in [7, 11) is 0. The van der Waals surface area contributed by atoms with Gasteiger partial charge in [0.2, 0.25) is 5.88 Å². The van der Waals surface area contributed by atoms with Gasteiger partial charge in [-0.1, -0.05) is 48.5 Å². The third kappa shape index (κ3) is 4.24. The van der Waals surface area contributed by atoms with Crippen LogP contribution in [0, 0.1) is 0 Å². The summed E-state index contributed by atoms with van der Waals surface area (Å²) in [5.41, 5.74) is 3.47. The maximum Gasteiger partial charge on any atom is 0.345 e. The molecule has 1 amide bonds. The number of rotatable bonds is 6. The molecule has 0 aliphatic carbocycles. The van der Waals surface area contributed by atoms with Gasteiger partial charge in [0.1, 0.15) is 23.6 Å². The molecule has 4 rings (SSSR count). The Morgan fingerprint density at radius 2 is 1.81 bits per heavy atom. The molecule has 0 unspecified atom stereocenters. The molecule has 3 N–H and O–H groups in total. The van der Waals surface area contributed by atoms with E-state index in [4.69, 9.17) is 9.47 Å². The predicted molar refractivity (Wildman–Crippen MR) is 120 cm³/mol. The van der Waals surface area contributed by atoms with Gasteiger partial charge in [0.05, 0.1) is 12.2 Å². The van der Waals surface area contributed by atoms with Crippen LogP contribution in [0.15, 0.2) is 83.3 Å². The van der Waals surface area contributed by atoms with Crippen LogP contribution in [0.1, 0.15) is 17.3 Å². The van der Waals surface area contributed by atoms with Crippen molar-refractivity contribution in [1.82, 2.24) is 5.43 Å². The minimum atomic E-state index is -0.622. The number of hydrogen-bond acceptors (Lipinski definition) is 7. The second kappa shape index (κ2) is 9.22. The molecule has 32 heavy (non-hydrogen) atoms. The summed E-state index contributed by atoms with van der Waals surface area (Å²) in [6, 6.07) is 19.6. The fraction of sp³-hybridized carbons (Fsp3) is 0.125. The molecule has 3 aromatic rings. The standard InChI is InChI=1S/C24H21N3O5/c1-2-31-24(30)21-19(26-27-22(29)17-11-5-6-13-20(17)28)14-32-23(21)25-18-12-7-9-15-8-3-4-10-16(15)18/h3-13,25,28H,2,14H2,1H3,(H,27,29)/b26-19+. The molecule has 8 nitrogen and oxygen atoms in total. The Morgan fingerprint density at radius 3 is 2.62 bits per heavy atom. The van der Waals surface area contributed by atoms with E-state index in [-0.39, 0.29) is 41.7 Å². The molecule has 1 heterocycles. The van der Waals surface area contributed by atoms with Crippen LogP contribution in [0.5, 0.6) is 5.75 Å². The van der Waals surface area contributed by atoms with Gasteiger partial charge >= 0.3 is 5.97 Å². The highest BCUT2D eigenvalue weighted by Gasteiger charge is 2.31. The molecule has 0 atom stereocenters. The summed E-state index contributed by atoms with van der Waals surface area (Å²) in [6.07, 6.45) is 0. The average molecular weight is 431 g/mol. The van der Waals surface area contributed by atoms with E-state index in [2.05, 4.69) is 15.8 Å². The van der Waals surface area contributed by atoms with Crippen LogP contribution in [0.25, 0.3) is 10.8 Å². The summed E-state index contributed by atoms with van der Waals surface area (Å²) in [4.78, 5) is 25.0. The van der Waals surface area contributed by atoms with E-state index in [0.29, 0.717) is 0 Å². The Bertz CT molecular complexity index is 1240. The Balaban J connectivity index is 1.65. The molecule has 0 spiro atoms. The average Bonchev–Trinajstić information content (AvgIpc) is 3.20. The van der Waals surface area contributed by atoms with Crippen LogP contribution in [-0.4, -0.2) is 35.9 Å². The van der Waals surface area contributed by atoms with E-state index >= 15 is 0 Å². The van der Waals surface area contributed by atoms with Crippen molar-refractivity contribution in [3.8, 4) is 5.75 Å². The zero-order chi connectivity index (χ0) is 22.5. The fourth-order valence-corrected chi connectivity index (χ4v) is 3.32. The highest BCUT2D eigenvalue weighted by atomic mass is 16.5. The first-order chi connectivity index (χ1) is 15.6. The molecular weight excluding hydrogens is 410 g/mol. The lowest BCUT2D eigenvalue weighted by atomic mass is 10.1. The van der Waals surface area contributed by atoms with Gasteiger partial charge in [-0.05, 0) is 30.5 Å². The van der Waals surface area contributed by atoms with Gasteiger partial charge in [-0.2, -0.15) is 5.10 Å². The molecule has 8 heteroatoms. The minimum Gasteiger partial charge on any atom is -0.507 e. The van der Waals surface area contributed by atoms with Gasteiger partial charge in [-0.25, -0.2) is 10.2 Å². The highest BCUT2D eigenvalue weighted by molar-refractivity contribution is 6.22. The first kappa shape index (κ1) is 20.9. The number of benzene rings is 3. The zero-order valence-electron chi connectivity index (χ0n) is 17.3. The van der Waals surface area contributed by atoms with E-state index < -0.39 is 11.9 Å². The highest BCUT2D eigenvalue weighted by Crippen LogP contribution is 2.27. The van der Waals surface area contributed by atoms with Crippen molar-refractivity contribution in [2.75, 3.05) is 18.5 Å². The minimum absolute atomic E-state index is 0.0394. The summed E-state index contributed by atoms with van der Waals surface area (Å²) in [6.45, 7) is 1.83. The molecule has 0 aromatic heterocycles. The van der Waals surface area contributed by atoms with E-state index in [1.807, 2.05) is 42.5 Å². The number of amides is 1. The number of aromatic hydroxyl groups is 1. The molecule has 1 aliphatic heterocycles. The monoisotopic (exact) mass is 431 g/mol. The van der Waals surface area contributed by atoms with Crippen molar-refractivity contribution in [2.24, 2.45) is 5.10 Å². The van der Waals surface area contributed by atoms with Gasteiger partial charge in [-0.3, -0.25) is 4.79 Å². The maximum absolute atomic E-state index is 12.7. The maximum atomic E-state index is 12.7. The molecule has 0 bridgehead atoms.